The number of hydrogen-bond acceptors (Lipinski definition) is 5. The summed E-state index contributed by atoms with van der Waals surface area (Å²) in [7, 11) is 0. The van der Waals surface area contributed by atoms with Crippen molar-refractivity contribution >= 4 is 6.29 Å². The van der Waals surface area contributed by atoms with Gasteiger partial charge in [-0.05, 0) is 44.3 Å². The van der Waals surface area contributed by atoms with Crippen LogP contribution in [0.4, 0.5) is 0 Å². The van der Waals surface area contributed by atoms with Gasteiger partial charge in [0.1, 0.15) is 6.29 Å². The molecule has 150 valence electrons. The fourth-order valence-electron chi connectivity index (χ4n) is 2.37. The van der Waals surface area contributed by atoms with Crippen molar-refractivity contribution < 1.29 is 14.6 Å². The molecule has 27 heavy (non-hydrogen) atoms. The van der Waals surface area contributed by atoms with Crippen LogP contribution in [0.1, 0.15) is 71.1 Å². The van der Waals surface area contributed by atoms with E-state index in [0.29, 0.717) is 38.5 Å². The summed E-state index contributed by atoms with van der Waals surface area (Å²) in [5.74, 6) is 0. The van der Waals surface area contributed by atoms with Crippen molar-refractivity contribution in [2.45, 2.75) is 71.1 Å². The van der Waals surface area contributed by atoms with Crippen LogP contribution in [0.5, 0.6) is 0 Å². The molecule has 0 heterocycles. The summed E-state index contributed by atoms with van der Waals surface area (Å²) in [6, 6.07) is 0. The molecule has 0 aromatic heterocycles. The third kappa shape index (κ3) is 14.3. The first kappa shape index (κ1) is 24.4. The van der Waals surface area contributed by atoms with Crippen LogP contribution in [0, 0.1) is 20.2 Å². The van der Waals surface area contributed by atoms with Crippen molar-refractivity contribution in [2.75, 3.05) is 0 Å². The highest BCUT2D eigenvalue weighted by molar-refractivity contribution is 5.48. The molecule has 0 amide bonds. The Morgan fingerprint density at radius 3 is 1.81 bits per heavy atom. The van der Waals surface area contributed by atoms with Gasteiger partial charge in [0.2, 0.25) is 11.4 Å². The second kappa shape index (κ2) is 16.9. The molecule has 0 saturated carbocycles. The van der Waals surface area contributed by atoms with Crippen LogP contribution in [-0.2, 0) is 4.79 Å². The molecule has 7 nitrogen and oxygen atoms in total. The molecule has 7 heteroatoms. The van der Waals surface area contributed by atoms with Crippen molar-refractivity contribution in [3.63, 3.8) is 0 Å². The summed E-state index contributed by atoms with van der Waals surface area (Å²) >= 11 is 0. The molecule has 0 aromatic rings. The third-order valence-corrected chi connectivity index (χ3v) is 3.92. The molecule has 0 aliphatic heterocycles. The lowest BCUT2D eigenvalue weighted by Gasteiger charge is -1.99. The smallest absolute Gasteiger partial charge is 0.242 e. The lowest BCUT2D eigenvalue weighted by Crippen LogP contribution is -1.98. The Hall–Kier alpha value is -2.57. The summed E-state index contributed by atoms with van der Waals surface area (Å²) in [6.45, 7) is 1.75. The van der Waals surface area contributed by atoms with E-state index in [-0.39, 0.29) is 21.2 Å². The second-order valence-electron chi connectivity index (χ2n) is 6.03. The van der Waals surface area contributed by atoms with E-state index >= 15 is 0 Å². The fourth-order valence-corrected chi connectivity index (χ4v) is 2.37. The summed E-state index contributed by atoms with van der Waals surface area (Å²) in [5.41, 5.74) is 0.457. The van der Waals surface area contributed by atoms with E-state index in [1.54, 1.807) is 19.1 Å². The molecule has 0 N–H and O–H groups in total. The zero-order valence-electron chi connectivity index (χ0n) is 16.0. The van der Waals surface area contributed by atoms with Crippen LogP contribution in [0.25, 0.3) is 0 Å². The maximum atomic E-state index is 11.0. The molecular formula is C20H30N2O5. The highest BCUT2D eigenvalue weighted by Crippen LogP contribution is 2.12. The average molecular weight is 378 g/mol. The lowest BCUT2D eigenvalue weighted by molar-refractivity contribution is -0.428. The van der Waals surface area contributed by atoms with E-state index in [1.807, 2.05) is 24.3 Å². The molecule has 0 aromatic carbocycles. The molecule has 0 unspecified atom stereocenters. The molecule has 0 saturated heterocycles. The quantitative estimate of drug-likeness (QED) is 0.115. The summed E-state index contributed by atoms with van der Waals surface area (Å²) in [4.78, 5) is 31.2. The largest absolute Gasteiger partial charge is 0.303 e. The first-order chi connectivity index (χ1) is 13.0. The molecule has 0 aliphatic carbocycles. The standard InChI is InChI=1S/C20H30N2O5/c1-2-19(21(24)25)15-11-7-4-3-5-8-12-16-20(22(26)27)17-13-9-6-10-14-18-23/h4-5,7-8,15-16,18H,2-3,6,9-14,17H2,1H3/b7-4-,8-5-,19-15+,20-16+. The van der Waals surface area contributed by atoms with Gasteiger partial charge in [0.05, 0.1) is 9.85 Å². The summed E-state index contributed by atoms with van der Waals surface area (Å²) < 4.78 is 0. The van der Waals surface area contributed by atoms with Gasteiger partial charge in [-0.3, -0.25) is 20.2 Å². The SMILES string of the molecule is CC/C(=C\C/C=C\C/C=C\C/C=C(\CCCCCCC=O)[N+](=O)[O-])[N+](=O)[O-]. The fraction of sp³-hybridized carbons (Fsp3) is 0.550. The first-order valence-corrected chi connectivity index (χ1v) is 9.43. The lowest BCUT2D eigenvalue weighted by atomic mass is 10.1. The molecule has 0 radical (unpaired) electrons. The monoisotopic (exact) mass is 378 g/mol. The molecule has 0 fully saturated rings. The minimum atomic E-state index is -0.363. The van der Waals surface area contributed by atoms with E-state index in [2.05, 4.69) is 0 Å². The minimum Gasteiger partial charge on any atom is -0.303 e. The van der Waals surface area contributed by atoms with Crippen LogP contribution < -0.4 is 0 Å². The number of rotatable bonds is 16. The number of allylic oxidation sites excluding steroid dienone is 8. The third-order valence-electron chi connectivity index (χ3n) is 3.92. The van der Waals surface area contributed by atoms with Gasteiger partial charge in [0, 0.05) is 19.3 Å². The highest BCUT2D eigenvalue weighted by atomic mass is 16.6. The van der Waals surface area contributed by atoms with Gasteiger partial charge < -0.3 is 4.79 Å². The van der Waals surface area contributed by atoms with Crippen molar-refractivity contribution in [3.8, 4) is 0 Å². The molecule has 0 aliphatic rings. The Morgan fingerprint density at radius 1 is 0.778 bits per heavy atom. The predicted molar refractivity (Wildman–Crippen MR) is 106 cm³/mol. The second-order valence-corrected chi connectivity index (χ2v) is 6.03. The number of carbonyl (C=O) groups excluding carboxylic acids is 1. The molecular weight excluding hydrogens is 348 g/mol. The topological polar surface area (TPSA) is 103 Å². The minimum absolute atomic E-state index is 0.219. The maximum absolute atomic E-state index is 11.0. The molecule has 0 spiro atoms. The van der Waals surface area contributed by atoms with E-state index < -0.39 is 0 Å². The van der Waals surface area contributed by atoms with Crippen LogP contribution in [0.15, 0.2) is 47.9 Å². The van der Waals surface area contributed by atoms with Gasteiger partial charge in [0.25, 0.3) is 0 Å². The molecule has 0 rings (SSSR count). The van der Waals surface area contributed by atoms with Gasteiger partial charge in [-0.1, -0.05) is 44.1 Å². The Morgan fingerprint density at radius 2 is 1.30 bits per heavy atom. The highest BCUT2D eigenvalue weighted by Gasteiger charge is 2.08. The van der Waals surface area contributed by atoms with E-state index in [4.69, 9.17) is 0 Å². The zero-order valence-corrected chi connectivity index (χ0v) is 16.0. The number of aldehydes is 1. The van der Waals surface area contributed by atoms with Crippen molar-refractivity contribution in [2.24, 2.45) is 0 Å². The van der Waals surface area contributed by atoms with Crippen molar-refractivity contribution in [1.29, 1.82) is 0 Å². The average Bonchev–Trinajstić information content (AvgIpc) is 2.63. The molecule has 0 bridgehead atoms. The maximum Gasteiger partial charge on any atom is 0.242 e. The van der Waals surface area contributed by atoms with Gasteiger partial charge in [-0.25, -0.2) is 0 Å². The van der Waals surface area contributed by atoms with Crippen molar-refractivity contribution in [3.05, 3.63) is 68.1 Å². The van der Waals surface area contributed by atoms with Gasteiger partial charge >= 0.3 is 0 Å². The van der Waals surface area contributed by atoms with E-state index in [9.17, 15) is 25.0 Å². The Kier molecular flexibility index (Phi) is 15.3. The first-order valence-electron chi connectivity index (χ1n) is 9.43. The van der Waals surface area contributed by atoms with Crippen LogP contribution in [-0.4, -0.2) is 16.1 Å². The zero-order chi connectivity index (χ0) is 20.3. The number of hydrogen-bond donors (Lipinski definition) is 0. The summed E-state index contributed by atoms with van der Waals surface area (Å²) in [5, 5.41) is 21.7. The normalized spacial score (nSPS) is 12.8. The van der Waals surface area contributed by atoms with Crippen LogP contribution in [0.2, 0.25) is 0 Å². The van der Waals surface area contributed by atoms with Gasteiger partial charge in [0.15, 0.2) is 0 Å². The number of nitro groups is 2. The van der Waals surface area contributed by atoms with Crippen molar-refractivity contribution in [1.82, 2.24) is 0 Å². The van der Waals surface area contributed by atoms with E-state index in [1.165, 1.54) is 0 Å². The number of unbranched alkanes of at least 4 members (excludes halogenated alkanes) is 4. The Bertz CT molecular complexity index is 577. The molecule has 0 atom stereocenters. The Labute approximate surface area is 160 Å². The number of carbonyl (C=O) groups is 1. The Balaban J connectivity index is 4.11. The van der Waals surface area contributed by atoms with E-state index in [0.717, 1.165) is 32.0 Å². The van der Waals surface area contributed by atoms with Gasteiger partial charge in [-0.15, -0.1) is 0 Å². The summed E-state index contributed by atoms with van der Waals surface area (Å²) in [6.07, 6.45) is 18.3. The van der Waals surface area contributed by atoms with Crippen LogP contribution >= 0.6 is 0 Å². The van der Waals surface area contributed by atoms with Crippen LogP contribution in [0.3, 0.4) is 0 Å². The number of nitrogens with zero attached hydrogens (tertiary/aromatic N) is 2. The predicted octanol–water partition coefficient (Wildman–Crippen LogP) is 5.54. The van der Waals surface area contributed by atoms with Gasteiger partial charge in [-0.2, -0.15) is 0 Å².